The molecule has 29 heavy (non-hydrogen) atoms. The molecule has 0 aromatic carbocycles. The molecule has 0 spiro atoms. The summed E-state index contributed by atoms with van der Waals surface area (Å²) in [6.07, 6.45) is 8.51. The Bertz CT molecular complexity index is 506. The molecule has 0 N–H and O–H groups in total. The molecule has 2 atom stereocenters. The predicted molar refractivity (Wildman–Crippen MR) is 105 cm³/mol. The van der Waals surface area contributed by atoms with Crippen LogP contribution in [0.4, 0.5) is 13.2 Å². The first kappa shape index (κ1) is 22.9. The minimum Gasteiger partial charge on any atom is -0.462 e. The summed E-state index contributed by atoms with van der Waals surface area (Å²) in [4.78, 5) is 11.8. The van der Waals surface area contributed by atoms with Crippen LogP contribution in [0.1, 0.15) is 90.4 Å². The summed E-state index contributed by atoms with van der Waals surface area (Å²) in [5.41, 5.74) is 0. The quantitative estimate of drug-likeness (QED) is 0.352. The molecule has 168 valence electrons. The van der Waals surface area contributed by atoms with Crippen molar-refractivity contribution < 1.29 is 27.4 Å². The zero-order chi connectivity index (χ0) is 20.9. The topological polar surface area (TPSA) is 35.5 Å². The van der Waals surface area contributed by atoms with Crippen LogP contribution in [0.25, 0.3) is 0 Å². The van der Waals surface area contributed by atoms with E-state index in [1.54, 1.807) is 0 Å². The molecule has 2 unspecified atom stereocenters. The highest BCUT2D eigenvalue weighted by atomic mass is 19.4. The molecule has 3 rings (SSSR count). The van der Waals surface area contributed by atoms with E-state index in [1.165, 1.54) is 25.7 Å². The summed E-state index contributed by atoms with van der Waals surface area (Å²) >= 11 is 0. The molecule has 1 heterocycles. The summed E-state index contributed by atoms with van der Waals surface area (Å²) in [5.74, 6) is -1.27. The predicted octanol–water partition coefficient (Wildman–Crippen LogP) is 6.44. The molecule has 2 aliphatic carbocycles. The van der Waals surface area contributed by atoms with Gasteiger partial charge in [-0.1, -0.05) is 19.8 Å². The molecule has 0 bridgehead atoms. The molecule has 1 saturated heterocycles. The van der Waals surface area contributed by atoms with Crippen molar-refractivity contribution in [3.8, 4) is 0 Å². The first-order valence-corrected chi connectivity index (χ1v) is 11.8. The molecule has 1 aliphatic heterocycles. The summed E-state index contributed by atoms with van der Waals surface area (Å²) < 4.78 is 49.8. The summed E-state index contributed by atoms with van der Waals surface area (Å²) in [6.45, 7) is 3.10. The number of halogens is 3. The van der Waals surface area contributed by atoms with Crippen molar-refractivity contribution in [1.82, 2.24) is 0 Å². The van der Waals surface area contributed by atoms with E-state index in [1.807, 2.05) is 0 Å². The Labute approximate surface area is 173 Å². The fraction of sp³-hybridized carbons (Fsp3) is 0.957. The standard InChI is InChI=1S/C23H37F3O3/c1-2-3-4-15-28-19-11-9-17(10-12-19)16-5-7-18(8-6-16)21-14-13-20(22(27)29-21)23(24,25)26/h16-21H,2-15H2,1H3. The minimum absolute atomic E-state index is 0.116. The first-order valence-electron chi connectivity index (χ1n) is 11.8. The van der Waals surface area contributed by atoms with E-state index in [9.17, 15) is 18.0 Å². The van der Waals surface area contributed by atoms with Gasteiger partial charge in [-0.25, -0.2) is 0 Å². The third kappa shape index (κ3) is 6.35. The van der Waals surface area contributed by atoms with Crippen LogP contribution in [0, 0.1) is 23.7 Å². The van der Waals surface area contributed by atoms with E-state index >= 15 is 0 Å². The minimum atomic E-state index is -4.47. The van der Waals surface area contributed by atoms with E-state index in [-0.39, 0.29) is 18.4 Å². The zero-order valence-corrected chi connectivity index (χ0v) is 17.7. The number of carbonyl (C=O) groups excluding carboxylic acids is 1. The molecule has 2 saturated carbocycles. The lowest BCUT2D eigenvalue weighted by Gasteiger charge is -2.41. The lowest BCUT2D eigenvalue weighted by atomic mass is 9.69. The number of hydrogen-bond donors (Lipinski definition) is 0. The normalized spacial score (nSPS) is 36.6. The van der Waals surface area contributed by atoms with Gasteiger partial charge < -0.3 is 9.47 Å². The van der Waals surface area contributed by atoms with Crippen LogP contribution < -0.4 is 0 Å². The lowest BCUT2D eigenvalue weighted by molar-refractivity contribution is -0.214. The van der Waals surface area contributed by atoms with Crippen LogP contribution in [0.5, 0.6) is 0 Å². The van der Waals surface area contributed by atoms with E-state index in [4.69, 9.17) is 9.47 Å². The molecule has 0 amide bonds. The Morgan fingerprint density at radius 2 is 1.45 bits per heavy atom. The Morgan fingerprint density at radius 1 is 0.862 bits per heavy atom. The van der Waals surface area contributed by atoms with E-state index in [0.717, 1.165) is 63.4 Å². The molecular weight excluding hydrogens is 381 g/mol. The molecule has 0 aromatic rings. The highest BCUT2D eigenvalue weighted by Gasteiger charge is 2.50. The SMILES string of the molecule is CCCCCOC1CCC(C2CCC(C3CCC(C(F)(F)F)C(=O)O3)CC2)CC1. The summed E-state index contributed by atoms with van der Waals surface area (Å²) in [5, 5.41) is 0. The Hall–Kier alpha value is -0.780. The average molecular weight is 419 g/mol. The fourth-order valence-electron chi connectivity index (χ4n) is 5.69. The summed E-state index contributed by atoms with van der Waals surface area (Å²) in [6, 6.07) is 0. The van der Waals surface area contributed by atoms with Gasteiger partial charge in [-0.05, 0) is 88.4 Å². The molecular formula is C23H37F3O3. The molecule has 3 nitrogen and oxygen atoms in total. The van der Waals surface area contributed by atoms with Crippen LogP contribution >= 0.6 is 0 Å². The largest absolute Gasteiger partial charge is 0.462 e. The summed E-state index contributed by atoms with van der Waals surface area (Å²) in [7, 11) is 0. The highest BCUT2D eigenvalue weighted by molar-refractivity contribution is 5.74. The molecule has 3 aliphatic rings. The van der Waals surface area contributed by atoms with Gasteiger partial charge in [0, 0.05) is 6.61 Å². The van der Waals surface area contributed by atoms with Gasteiger partial charge in [0.05, 0.1) is 6.10 Å². The molecule has 0 radical (unpaired) electrons. The number of ether oxygens (including phenoxy) is 2. The van der Waals surface area contributed by atoms with Gasteiger partial charge in [-0.3, -0.25) is 4.79 Å². The number of carbonyl (C=O) groups is 1. The van der Waals surface area contributed by atoms with Gasteiger partial charge in [0.1, 0.15) is 6.10 Å². The highest BCUT2D eigenvalue weighted by Crippen LogP contribution is 2.44. The maximum absolute atomic E-state index is 12.8. The molecule has 3 fully saturated rings. The first-order chi connectivity index (χ1) is 13.9. The maximum Gasteiger partial charge on any atom is 0.402 e. The number of unbranched alkanes of at least 4 members (excludes halogenated alkanes) is 2. The number of cyclic esters (lactones) is 1. The second kappa shape index (κ2) is 10.5. The zero-order valence-electron chi connectivity index (χ0n) is 17.7. The average Bonchev–Trinajstić information content (AvgIpc) is 2.71. The second-order valence-corrected chi connectivity index (χ2v) is 9.44. The van der Waals surface area contributed by atoms with Crippen LogP contribution in [0.2, 0.25) is 0 Å². The van der Waals surface area contributed by atoms with E-state index in [0.29, 0.717) is 12.5 Å². The van der Waals surface area contributed by atoms with Gasteiger partial charge in [0.2, 0.25) is 0 Å². The van der Waals surface area contributed by atoms with Gasteiger partial charge in [0.25, 0.3) is 0 Å². The Kier molecular flexibility index (Phi) is 8.29. The number of hydrogen-bond acceptors (Lipinski definition) is 3. The van der Waals surface area contributed by atoms with Crippen molar-refractivity contribution in [3.05, 3.63) is 0 Å². The Balaban J connectivity index is 1.36. The van der Waals surface area contributed by atoms with Crippen molar-refractivity contribution in [2.45, 2.75) is 109 Å². The van der Waals surface area contributed by atoms with Crippen LogP contribution in [0.3, 0.4) is 0 Å². The second-order valence-electron chi connectivity index (χ2n) is 9.44. The monoisotopic (exact) mass is 418 g/mol. The van der Waals surface area contributed by atoms with Gasteiger partial charge in [0.15, 0.2) is 5.92 Å². The molecule has 0 aromatic heterocycles. The van der Waals surface area contributed by atoms with Gasteiger partial charge in [-0.2, -0.15) is 13.2 Å². The fourth-order valence-corrected chi connectivity index (χ4v) is 5.69. The third-order valence-electron chi connectivity index (χ3n) is 7.52. The number of esters is 1. The van der Waals surface area contributed by atoms with Crippen molar-refractivity contribution in [2.24, 2.45) is 23.7 Å². The Morgan fingerprint density at radius 3 is 2.00 bits per heavy atom. The van der Waals surface area contributed by atoms with Crippen LogP contribution in [0.15, 0.2) is 0 Å². The lowest BCUT2D eigenvalue weighted by Crippen LogP contribution is -2.42. The van der Waals surface area contributed by atoms with Gasteiger partial charge in [-0.15, -0.1) is 0 Å². The van der Waals surface area contributed by atoms with Crippen molar-refractivity contribution >= 4 is 5.97 Å². The maximum atomic E-state index is 12.8. The van der Waals surface area contributed by atoms with Crippen LogP contribution in [-0.4, -0.2) is 31.0 Å². The smallest absolute Gasteiger partial charge is 0.402 e. The van der Waals surface area contributed by atoms with E-state index < -0.39 is 18.1 Å². The number of rotatable bonds is 7. The van der Waals surface area contributed by atoms with Crippen molar-refractivity contribution in [1.29, 1.82) is 0 Å². The number of alkyl halides is 3. The van der Waals surface area contributed by atoms with Crippen molar-refractivity contribution in [2.75, 3.05) is 6.61 Å². The third-order valence-corrected chi connectivity index (χ3v) is 7.52. The van der Waals surface area contributed by atoms with Crippen molar-refractivity contribution in [3.63, 3.8) is 0 Å². The van der Waals surface area contributed by atoms with Crippen LogP contribution in [-0.2, 0) is 14.3 Å². The van der Waals surface area contributed by atoms with E-state index in [2.05, 4.69) is 6.92 Å². The van der Waals surface area contributed by atoms with Gasteiger partial charge >= 0.3 is 12.1 Å². The molecule has 6 heteroatoms.